The second-order valence-corrected chi connectivity index (χ2v) is 10.8. The lowest BCUT2D eigenvalue weighted by Crippen LogP contribution is -2.60. The van der Waals surface area contributed by atoms with Gasteiger partial charge in [-0.15, -0.1) is 5.10 Å². The first kappa shape index (κ1) is 33.4. The van der Waals surface area contributed by atoms with Crippen molar-refractivity contribution in [2.75, 3.05) is 13.2 Å². The third kappa shape index (κ3) is 8.05. The molecule has 5 rings (SSSR count). The van der Waals surface area contributed by atoms with Crippen LogP contribution in [0.25, 0.3) is 0 Å². The number of nitrogens with zero attached hydrogens (tertiary/aromatic N) is 2. The zero-order valence-corrected chi connectivity index (χ0v) is 24.7. The molecule has 4 N–H and O–H groups in total. The van der Waals surface area contributed by atoms with Crippen LogP contribution in [-0.4, -0.2) is 74.1 Å². The van der Waals surface area contributed by atoms with Crippen LogP contribution in [0.5, 0.6) is 11.6 Å². The van der Waals surface area contributed by atoms with Crippen LogP contribution >= 0.6 is 0 Å². The molecule has 2 heterocycles. The highest BCUT2D eigenvalue weighted by Crippen LogP contribution is 2.39. The molecule has 13 heteroatoms. The van der Waals surface area contributed by atoms with Gasteiger partial charge in [0, 0.05) is 6.42 Å². The topological polar surface area (TPSA) is 136 Å². The summed E-state index contributed by atoms with van der Waals surface area (Å²) < 4.78 is 67.8. The van der Waals surface area contributed by atoms with E-state index in [2.05, 4.69) is 5.10 Å². The summed E-state index contributed by atoms with van der Waals surface area (Å²) in [5, 5.41) is 44.7. The van der Waals surface area contributed by atoms with Gasteiger partial charge in [-0.25, -0.2) is 0 Å². The molecule has 1 aliphatic rings. The zero-order chi connectivity index (χ0) is 32.7. The molecule has 1 saturated heterocycles. The molecule has 0 aliphatic carbocycles. The van der Waals surface area contributed by atoms with E-state index in [1.54, 1.807) is 24.3 Å². The molecule has 1 fully saturated rings. The van der Waals surface area contributed by atoms with E-state index in [0.29, 0.717) is 11.3 Å². The van der Waals surface area contributed by atoms with Crippen molar-refractivity contribution in [2.45, 2.75) is 63.1 Å². The van der Waals surface area contributed by atoms with Gasteiger partial charge in [-0.1, -0.05) is 78.9 Å². The summed E-state index contributed by atoms with van der Waals surface area (Å²) in [6.07, 6.45) is -13.7. The van der Waals surface area contributed by atoms with Crippen molar-refractivity contribution in [1.29, 1.82) is 0 Å². The number of aliphatic hydroxyl groups excluding tert-OH is 4. The molecule has 46 heavy (non-hydrogen) atoms. The van der Waals surface area contributed by atoms with Crippen LogP contribution in [-0.2, 0) is 41.8 Å². The van der Waals surface area contributed by atoms with Crippen molar-refractivity contribution >= 4 is 0 Å². The second kappa shape index (κ2) is 15.1. The Morgan fingerprint density at radius 3 is 2.09 bits per heavy atom. The number of halogens is 3. The van der Waals surface area contributed by atoms with E-state index in [1.807, 2.05) is 60.7 Å². The fraction of sp³-hybridized carbons (Fsp3) is 0.364. The highest BCUT2D eigenvalue weighted by Gasteiger charge is 2.46. The molecular formula is C33H35F3N2O8. The van der Waals surface area contributed by atoms with Crippen LogP contribution in [0.4, 0.5) is 13.2 Å². The van der Waals surface area contributed by atoms with Gasteiger partial charge in [0.1, 0.15) is 42.5 Å². The minimum Gasteiger partial charge on any atom is -0.489 e. The smallest absolute Gasteiger partial charge is 0.433 e. The van der Waals surface area contributed by atoms with E-state index in [4.69, 9.17) is 18.9 Å². The van der Waals surface area contributed by atoms with Crippen LogP contribution in [0.2, 0.25) is 0 Å². The third-order valence-corrected chi connectivity index (χ3v) is 7.49. The molecule has 1 unspecified atom stereocenters. The summed E-state index contributed by atoms with van der Waals surface area (Å²) in [6.45, 7) is -0.800. The normalized spacial score (nSPS) is 21.7. The molecule has 3 aromatic carbocycles. The molecule has 0 spiro atoms. The molecule has 0 amide bonds. The van der Waals surface area contributed by atoms with Gasteiger partial charge >= 0.3 is 6.18 Å². The average molecular weight is 645 g/mol. The largest absolute Gasteiger partial charge is 0.489 e. The number of para-hydroxylation sites is 1. The van der Waals surface area contributed by atoms with E-state index in [0.717, 1.165) is 15.8 Å². The van der Waals surface area contributed by atoms with E-state index in [-0.39, 0.29) is 38.3 Å². The predicted molar refractivity (Wildman–Crippen MR) is 158 cm³/mol. The lowest BCUT2D eigenvalue weighted by atomic mass is 9.99. The first-order valence-electron chi connectivity index (χ1n) is 14.7. The summed E-state index contributed by atoms with van der Waals surface area (Å²) in [6, 6.07) is 25.1. The minimum atomic E-state index is -4.89. The van der Waals surface area contributed by atoms with E-state index < -0.39 is 55.1 Å². The Morgan fingerprint density at radius 1 is 0.804 bits per heavy atom. The number of alkyl halides is 3. The number of aliphatic hydroxyl groups is 4. The minimum absolute atomic E-state index is 0.116. The number of hydrogen-bond donors (Lipinski definition) is 4. The van der Waals surface area contributed by atoms with Crippen LogP contribution in [0.3, 0.4) is 0 Å². The van der Waals surface area contributed by atoms with Gasteiger partial charge in [-0.2, -0.15) is 13.2 Å². The summed E-state index contributed by atoms with van der Waals surface area (Å²) >= 11 is 0. The lowest BCUT2D eigenvalue weighted by Gasteiger charge is -2.39. The first-order chi connectivity index (χ1) is 22.2. The highest BCUT2D eigenvalue weighted by atomic mass is 19.4. The Kier molecular flexibility index (Phi) is 10.9. The second-order valence-electron chi connectivity index (χ2n) is 10.8. The van der Waals surface area contributed by atoms with E-state index in [1.165, 1.54) is 0 Å². The van der Waals surface area contributed by atoms with Gasteiger partial charge in [-0.05, 0) is 22.8 Å². The molecular weight excluding hydrogens is 609 g/mol. The van der Waals surface area contributed by atoms with E-state index >= 15 is 0 Å². The Hall–Kier alpha value is -3.98. The molecule has 5 atom stereocenters. The fourth-order valence-corrected chi connectivity index (χ4v) is 5.12. The first-order valence-corrected chi connectivity index (χ1v) is 14.7. The van der Waals surface area contributed by atoms with Gasteiger partial charge in [0.2, 0.25) is 12.2 Å². The van der Waals surface area contributed by atoms with Gasteiger partial charge in [0.05, 0.1) is 31.9 Å². The SMILES string of the molecule is OC[C@H]1OC(Oc2nn(CCOCc3ccccc3)c(C(F)(F)F)c2Cc2ccccc2OCc2ccccc2)[C@H](O)[C@@H](O)[C@@H]1O. The van der Waals surface area contributed by atoms with Crippen molar-refractivity contribution in [3.05, 3.63) is 113 Å². The van der Waals surface area contributed by atoms with Gasteiger partial charge in [-0.3, -0.25) is 4.68 Å². The molecule has 0 saturated carbocycles. The molecule has 0 bridgehead atoms. The Labute approximate surface area is 263 Å². The van der Waals surface area contributed by atoms with Crippen molar-refractivity contribution in [3.8, 4) is 11.6 Å². The molecule has 246 valence electrons. The molecule has 4 aromatic rings. The summed E-state index contributed by atoms with van der Waals surface area (Å²) in [5.74, 6) is -0.171. The molecule has 0 radical (unpaired) electrons. The number of rotatable bonds is 13. The summed E-state index contributed by atoms with van der Waals surface area (Å²) in [7, 11) is 0. The number of hydrogen-bond acceptors (Lipinski definition) is 9. The predicted octanol–water partition coefficient (Wildman–Crippen LogP) is 3.47. The summed E-state index contributed by atoms with van der Waals surface area (Å²) in [5.41, 5.74) is 0.640. The fourth-order valence-electron chi connectivity index (χ4n) is 5.12. The van der Waals surface area contributed by atoms with Crippen molar-refractivity contribution in [1.82, 2.24) is 9.78 Å². The van der Waals surface area contributed by atoms with Gasteiger partial charge < -0.3 is 39.4 Å². The maximum Gasteiger partial charge on any atom is 0.433 e. The van der Waals surface area contributed by atoms with Crippen LogP contribution in [0.15, 0.2) is 84.9 Å². The van der Waals surface area contributed by atoms with Crippen LogP contribution in [0.1, 0.15) is 27.9 Å². The highest BCUT2D eigenvalue weighted by molar-refractivity contribution is 5.43. The van der Waals surface area contributed by atoms with Crippen molar-refractivity contribution in [2.24, 2.45) is 0 Å². The van der Waals surface area contributed by atoms with Crippen LogP contribution in [0, 0.1) is 0 Å². The van der Waals surface area contributed by atoms with Gasteiger partial charge in [0.25, 0.3) is 0 Å². The number of ether oxygens (including phenoxy) is 4. The monoisotopic (exact) mass is 644 g/mol. The number of benzene rings is 3. The quantitative estimate of drug-likeness (QED) is 0.161. The Bertz CT molecular complexity index is 1540. The van der Waals surface area contributed by atoms with Gasteiger partial charge in [0.15, 0.2) is 0 Å². The molecule has 10 nitrogen and oxygen atoms in total. The molecule has 1 aliphatic heterocycles. The standard InChI is InChI=1S/C33H35F3N2O8/c34-33(35,36)30-24(17-23-13-7-8-14-25(23)44-20-22-11-5-2-6-12-22)31(46-32-29(42)28(41)27(40)26(18-39)45-32)37-38(30)15-16-43-19-21-9-3-1-4-10-21/h1-14,26-29,32,39-42H,15-20H2/t26-,27-,28+,29-,32?/m1/s1. The Morgan fingerprint density at radius 2 is 1.43 bits per heavy atom. The van der Waals surface area contributed by atoms with Crippen molar-refractivity contribution < 1.29 is 52.5 Å². The maximum absolute atomic E-state index is 14.8. The Balaban J connectivity index is 1.46. The van der Waals surface area contributed by atoms with E-state index in [9.17, 15) is 33.6 Å². The maximum atomic E-state index is 14.8. The average Bonchev–Trinajstić information content (AvgIpc) is 3.40. The molecule has 1 aromatic heterocycles. The lowest BCUT2D eigenvalue weighted by molar-refractivity contribution is -0.278. The zero-order valence-electron chi connectivity index (χ0n) is 24.7. The van der Waals surface area contributed by atoms with Crippen molar-refractivity contribution in [3.63, 3.8) is 0 Å². The third-order valence-electron chi connectivity index (χ3n) is 7.49. The number of aromatic nitrogens is 2. The summed E-state index contributed by atoms with van der Waals surface area (Å²) in [4.78, 5) is 0. The van der Waals surface area contributed by atoms with Crippen LogP contribution < -0.4 is 9.47 Å².